The minimum Gasteiger partial charge on any atom is -0.329 e. The van der Waals surface area contributed by atoms with Gasteiger partial charge < -0.3 is 4.52 Å². The molecule has 0 aliphatic heterocycles. The van der Waals surface area contributed by atoms with Crippen molar-refractivity contribution in [1.29, 1.82) is 0 Å². The molecule has 1 aromatic carbocycles. The number of hydrogen-bond donors (Lipinski definition) is 0. The summed E-state index contributed by atoms with van der Waals surface area (Å²) in [6.07, 6.45) is -7.71. The lowest BCUT2D eigenvalue weighted by Gasteiger charge is -2.20. The van der Waals surface area contributed by atoms with Gasteiger partial charge in [-0.05, 0) is 12.1 Å². The van der Waals surface area contributed by atoms with E-state index in [0.717, 1.165) is 11.3 Å². The molecule has 0 aliphatic rings. The quantitative estimate of drug-likeness (QED) is 0.216. The van der Waals surface area contributed by atoms with Gasteiger partial charge in [0.15, 0.2) is 0 Å². The number of benzene rings is 1. The fourth-order valence-electron chi connectivity index (χ4n) is 2.31. The molecule has 0 saturated carbocycles. The highest BCUT2D eigenvalue weighted by molar-refractivity contribution is 7.15. The number of thiophene rings is 1. The Morgan fingerprint density at radius 1 is 1.13 bits per heavy atom. The van der Waals surface area contributed by atoms with E-state index in [1.165, 1.54) is 36.4 Å². The molecular weight excluding hydrogens is 449 g/mol. The van der Waals surface area contributed by atoms with Gasteiger partial charge in [-0.1, -0.05) is 35.5 Å². The van der Waals surface area contributed by atoms with Gasteiger partial charge in [0.25, 0.3) is 12.2 Å². The predicted molar refractivity (Wildman–Crippen MR) is 95.9 cm³/mol. The van der Waals surface area contributed by atoms with Crippen molar-refractivity contribution in [2.75, 3.05) is 6.61 Å². The summed E-state index contributed by atoms with van der Waals surface area (Å²) in [5.41, 5.74) is 0.0384. The molecule has 164 valence electrons. The Labute approximate surface area is 175 Å². The molecule has 2 aromatic heterocycles. The van der Waals surface area contributed by atoms with Crippen LogP contribution in [0.1, 0.15) is 21.1 Å². The van der Waals surface area contributed by atoms with Crippen LogP contribution in [0.3, 0.4) is 0 Å². The van der Waals surface area contributed by atoms with Crippen LogP contribution in [-0.4, -0.2) is 39.9 Å². The minimum absolute atomic E-state index is 0.0384. The topological polar surface area (TPSA) is 85.5 Å². The second kappa shape index (κ2) is 9.31. The first kappa shape index (κ1) is 22.5. The number of halogens is 5. The van der Waals surface area contributed by atoms with Crippen LogP contribution in [0.4, 0.5) is 22.0 Å². The SMILES string of the molecule is O=C(C(=O)N(Cc1ccc(-c2noc(C(F)(F)F)n2)s1)OCC(F)F)c1ccccc1. The Hall–Kier alpha value is -3.19. The summed E-state index contributed by atoms with van der Waals surface area (Å²) in [4.78, 5) is 33.4. The maximum atomic E-state index is 12.6. The van der Waals surface area contributed by atoms with Crippen LogP contribution in [0, 0.1) is 0 Å². The summed E-state index contributed by atoms with van der Waals surface area (Å²) in [6.45, 7) is -1.54. The Morgan fingerprint density at radius 3 is 2.45 bits per heavy atom. The third-order valence-corrected chi connectivity index (χ3v) is 4.73. The first-order valence-corrected chi connectivity index (χ1v) is 9.29. The largest absolute Gasteiger partial charge is 0.471 e. The van der Waals surface area contributed by atoms with Crippen molar-refractivity contribution in [3.05, 3.63) is 58.8 Å². The number of rotatable bonds is 8. The number of ketones is 1. The van der Waals surface area contributed by atoms with Gasteiger partial charge in [0.05, 0.1) is 11.4 Å². The average Bonchev–Trinajstić information content (AvgIpc) is 3.40. The number of Topliss-reactive ketones (excluding diaryl/α,β-unsaturated/α-hetero) is 1. The van der Waals surface area contributed by atoms with Gasteiger partial charge in [-0.25, -0.2) is 13.8 Å². The highest BCUT2D eigenvalue weighted by Gasteiger charge is 2.38. The highest BCUT2D eigenvalue weighted by Crippen LogP contribution is 2.32. The van der Waals surface area contributed by atoms with Gasteiger partial charge in [0, 0.05) is 10.4 Å². The van der Waals surface area contributed by atoms with Crippen LogP contribution in [-0.2, 0) is 22.4 Å². The van der Waals surface area contributed by atoms with Crippen molar-refractivity contribution in [2.24, 2.45) is 0 Å². The van der Waals surface area contributed by atoms with Crippen LogP contribution in [0.25, 0.3) is 10.7 Å². The van der Waals surface area contributed by atoms with Crippen molar-refractivity contribution in [3.8, 4) is 10.7 Å². The number of alkyl halides is 5. The second-order valence-corrected chi connectivity index (χ2v) is 7.08. The molecule has 0 saturated heterocycles. The number of carbonyl (C=O) groups excluding carboxylic acids is 2. The fraction of sp³-hybridized carbons (Fsp3) is 0.222. The van der Waals surface area contributed by atoms with Gasteiger partial charge in [-0.3, -0.25) is 14.4 Å². The van der Waals surface area contributed by atoms with Crippen LogP contribution < -0.4 is 0 Å². The molecule has 0 radical (unpaired) electrons. The zero-order valence-electron chi connectivity index (χ0n) is 15.3. The zero-order valence-corrected chi connectivity index (χ0v) is 16.1. The van der Waals surface area contributed by atoms with Gasteiger partial charge in [0.1, 0.15) is 6.61 Å². The number of nitrogens with zero attached hydrogens (tertiary/aromatic N) is 3. The molecular formula is C18H12F5N3O4S. The molecule has 0 unspecified atom stereocenters. The van der Waals surface area contributed by atoms with E-state index in [4.69, 9.17) is 4.84 Å². The lowest BCUT2D eigenvalue weighted by atomic mass is 10.1. The first-order chi connectivity index (χ1) is 14.6. The molecule has 13 heteroatoms. The smallest absolute Gasteiger partial charge is 0.329 e. The summed E-state index contributed by atoms with van der Waals surface area (Å²) >= 11 is 0.872. The molecule has 1 amide bonds. The lowest BCUT2D eigenvalue weighted by molar-refractivity contribution is -0.196. The normalized spacial score (nSPS) is 11.7. The molecule has 0 atom stereocenters. The van der Waals surface area contributed by atoms with Crippen molar-refractivity contribution in [1.82, 2.24) is 15.2 Å². The Morgan fingerprint density at radius 2 is 1.84 bits per heavy atom. The minimum atomic E-state index is -4.81. The van der Waals surface area contributed by atoms with Gasteiger partial charge in [-0.15, -0.1) is 11.3 Å². The molecule has 0 N–H and O–H groups in total. The Balaban J connectivity index is 1.78. The lowest BCUT2D eigenvalue weighted by Crippen LogP contribution is -2.37. The number of hydroxylamine groups is 2. The van der Waals surface area contributed by atoms with Crippen LogP contribution >= 0.6 is 11.3 Å². The predicted octanol–water partition coefficient (Wildman–Crippen LogP) is 4.23. The van der Waals surface area contributed by atoms with E-state index in [-0.39, 0.29) is 16.3 Å². The molecule has 7 nitrogen and oxygen atoms in total. The standard InChI is InChI=1S/C18H12F5N3O4S/c19-13(20)9-29-26(16(28)14(27)10-4-2-1-3-5-10)8-11-6-7-12(31-11)15-24-17(30-25-15)18(21,22)23/h1-7,13H,8-9H2. The van der Waals surface area contributed by atoms with E-state index >= 15 is 0 Å². The van der Waals surface area contributed by atoms with Gasteiger partial charge >= 0.3 is 18.0 Å². The van der Waals surface area contributed by atoms with Crippen molar-refractivity contribution >= 4 is 23.0 Å². The van der Waals surface area contributed by atoms with Crippen LogP contribution in [0.5, 0.6) is 0 Å². The highest BCUT2D eigenvalue weighted by atomic mass is 32.1. The van der Waals surface area contributed by atoms with E-state index in [2.05, 4.69) is 14.7 Å². The average molecular weight is 461 g/mol. The van der Waals surface area contributed by atoms with Crippen molar-refractivity contribution in [2.45, 2.75) is 19.1 Å². The third-order valence-electron chi connectivity index (χ3n) is 3.66. The molecule has 3 aromatic rings. The number of hydrogen-bond acceptors (Lipinski definition) is 7. The summed E-state index contributed by atoms with van der Waals surface area (Å²) in [5, 5.41) is 3.73. The van der Waals surface area contributed by atoms with E-state index in [1.807, 2.05) is 0 Å². The van der Waals surface area contributed by atoms with Crippen molar-refractivity contribution < 1.29 is 40.9 Å². The summed E-state index contributed by atoms with van der Waals surface area (Å²) in [6, 6.07) is 10.2. The third kappa shape index (κ3) is 5.70. The van der Waals surface area contributed by atoms with Crippen LogP contribution in [0.15, 0.2) is 47.0 Å². The number of aromatic nitrogens is 2. The molecule has 0 bridgehead atoms. The molecule has 0 spiro atoms. The van der Waals surface area contributed by atoms with Crippen LogP contribution in [0.2, 0.25) is 0 Å². The van der Waals surface area contributed by atoms with Gasteiger partial charge in [-0.2, -0.15) is 18.2 Å². The van der Waals surface area contributed by atoms with Crippen molar-refractivity contribution in [3.63, 3.8) is 0 Å². The Kier molecular flexibility index (Phi) is 6.75. The molecule has 0 fully saturated rings. The van der Waals surface area contributed by atoms with E-state index in [1.54, 1.807) is 6.07 Å². The summed E-state index contributed by atoms with van der Waals surface area (Å²) < 4.78 is 67.1. The monoisotopic (exact) mass is 461 g/mol. The molecule has 31 heavy (non-hydrogen) atoms. The summed E-state index contributed by atoms with van der Waals surface area (Å²) in [5.74, 6) is -4.02. The number of amides is 1. The molecule has 3 rings (SSSR count). The fourth-order valence-corrected chi connectivity index (χ4v) is 3.22. The van der Waals surface area contributed by atoms with E-state index in [9.17, 15) is 31.5 Å². The Bertz CT molecular complexity index is 1050. The molecule has 0 aliphatic carbocycles. The first-order valence-electron chi connectivity index (χ1n) is 8.47. The van der Waals surface area contributed by atoms with E-state index < -0.39 is 43.3 Å². The number of carbonyl (C=O) groups is 2. The van der Waals surface area contributed by atoms with E-state index in [0.29, 0.717) is 9.94 Å². The molecule has 2 heterocycles. The maximum absolute atomic E-state index is 12.6. The zero-order chi connectivity index (χ0) is 22.6. The maximum Gasteiger partial charge on any atom is 0.471 e. The summed E-state index contributed by atoms with van der Waals surface area (Å²) in [7, 11) is 0. The van der Waals surface area contributed by atoms with Gasteiger partial charge in [0.2, 0.25) is 5.82 Å². The second-order valence-electron chi connectivity index (χ2n) is 5.91.